The molecular formula is C8H14O4. The van der Waals surface area contributed by atoms with Crippen LogP contribution >= 0.6 is 0 Å². The van der Waals surface area contributed by atoms with Crippen molar-refractivity contribution in [2.45, 2.75) is 32.7 Å². The van der Waals surface area contributed by atoms with Crippen LogP contribution in [0.5, 0.6) is 0 Å². The van der Waals surface area contributed by atoms with Crippen molar-refractivity contribution in [3.8, 4) is 0 Å². The summed E-state index contributed by atoms with van der Waals surface area (Å²) in [5, 5.41) is 0. The maximum absolute atomic E-state index is 11.0. The Bertz CT molecular complexity index is 160. The Balaban J connectivity index is 2.33. The van der Waals surface area contributed by atoms with Crippen molar-refractivity contribution in [3.05, 3.63) is 0 Å². The zero-order chi connectivity index (χ0) is 9.03. The molecule has 0 N–H and O–H groups in total. The Morgan fingerprint density at radius 1 is 1.50 bits per heavy atom. The topological polar surface area (TPSA) is 44.8 Å². The van der Waals surface area contributed by atoms with Crippen LogP contribution in [0.25, 0.3) is 0 Å². The van der Waals surface area contributed by atoms with Crippen LogP contribution in [-0.4, -0.2) is 25.2 Å². The number of carbonyl (C=O) groups is 1. The van der Waals surface area contributed by atoms with Crippen molar-refractivity contribution < 1.29 is 19.0 Å². The average molecular weight is 174 g/mol. The summed E-state index contributed by atoms with van der Waals surface area (Å²) < 4.78 is 15.1. The second-order valence-electron chi connectivity index (χ2n) is 2.78. The van der Waals surface area contributed by atoms with Gasteiger partial charge in [-0.2, -0.15) is 0 Å². The smallest absolute Gasteiger partial charge is 0.326 e. The lowest BCUT2D eigenvalue weighted by atomic mass is 10.3. The highest BCUT2D eigenvalue weighted by molar-refractivity contribution is 5.69. The Morgan fingerprint density at radius 2 is 2.08 bits per heavy atom. The molecule has 1 aliphatic rings. The van der Waals surface area contributed by atoms with Crippen molar-refractivity contribution in [1.82, 2.24) is 0 Å². The fourth-order valence-corrected chi connectivity index (χ4v) is 1.02. The summed E-state index contributed by atoms with van der Waals surface area (Å²) in [5.41, 5.74) is 0. The van der Waals surface area contributed by atoms with Gasteiger partial charge in [0, 0.05) is 13.3 Å². The van der Waals surface area contributed by atoms with E-state index in [2.05, 4.69) is 0 Å². The molecule has 0 unspecified atom stereocenters. The Labute approximate surface area is 71.8 Å². The van der Waals surface area contributed by atoms with Crippen LogP contribution in [0, 0.1) is 0 Å². The minimum absolute atomic E-state index is 0.276. The molecule has 0 radical (unpaired) electrons. The first-order valence-corrected chi connectivity index (χ1v) is 4.16. The Morgan fingerprint density at radius 3 is 2.58 bits per heavy atom. The molecule has 1 fully saturated rings. The fourth-order valence-electron chi connectivity index (χ4n) is 1.02. The minimum Gasteiger partial charge on any atom is -0.408 e. The number of ether oxygens (including phenoxy) is 3. The molecule has 0 aromatic heterocycles. The molecule has 4 heteroatoms. The molecule has 12 heavy (non-hydrogen) atoms. The van der Waals surface area contributed by atoms with Gasteiger partial charge < -0.3 is 14.2 Å². The lowest BCUT2D eigenvalue weighted by Gasteiger charge is -2.21. The SMILES string of the molecule is CCCC(=O)OC1(C)OCCO1. The molecule has 0 amide bonds. The van der Waals surface area contributed by atoms with Gasteiger partial charge in [-0.25, -0.2) is 0 Å². The fraction of sp³-hybridized carbons (Fsp3) is 0.875. The number of carbonyl (C=O) groups excluding carboxylic acids is 1. The molecule has 70 valence electrons. The van der Waals surface area contributed by atoms with Crippen molar-refractivity contribution in [3.63, 3.8) is 0 Å². The third kappa shape index (κ3) is 2.46. The highest BCUT2D eigenvalue weighted by Gasteiger charge is 2.35. The van der Waals surface area contributed by atoms with Gasteiger partial charge in [-0.3, -0.25) is 4.79 Å². The summed E-state index contributed by atoms with van der Waals surface area (Å²) in [4.78, 5) is 11.0. The third-order valence-electron chi connectivity index (χ3n) is 1.57. The lowest BCUT2D eigenvalue weighted by Crippen LogP contribution is -2.32. The molecule has 0 atom stereocenters. The van der Waals surface area contributed by atoms with E-state index in [1.165, 1.54) is 0 Å². The van der Waals surface area contributed by atoms with E-state index < -0.39 is 5.97 Å². The zero-order valence-corrected chi connectivity index (χ0v) is 7.46. The maximum Gasteiger partial charge on any atom is 0.326 e. The van der Waals surface area contributed by atoms with Crippen LogP contribution in [0.2, 0.25) is 0 Å². The van der Waals surface area contributed by atoms with Gasteiger partial charge in [0.2, 0.25) is 0 Å². The van der Waals surface area contributed by atoms with Gasteiger partial charge >= 0.3 is 11.9 Å². The standard InChI is InChI=1S/C8H14O4/c1-3-4-7(9)12-8(2)10-5-6-11-8/h3-6H2,1-2H3. The summed E-state index contributed by atoms with van der Waals surface area (Å²) in [7, 11) is 0. The molecule has 1 heterocycles. The molecule has 4 nitrogen and oxygen atoms in total. The normalized spacial score (nSPS) is 20.8. The predicted molar refractivity (Wildman–Crippen MR) is 41.3 cm³/mol. The van der Waals surface area contributed by atoms with Gasteiger partial charge in [0.05, 0.1) is 13.2 Å². The van der Waals surface area contributed by atoms with E-state index in [1.807, 2.05) is 6.92 Å². The van der Waals surface area contributed by atoms with Crippen LogP contribution in [0.3, 0.4) is 0 Å². The predicted octanol–water partition coefficient (Wildman–Crippen LogP) is 1.05. The Hall–Kier alpha value is -0.610. The third-order valence-corrected chi connectivity index (χ3v) is 1.57. The molecule has 1 aliphatic heterocycles. The van der Waals surface area contributed by atoms with Crippen LogP contribution in [0.1, 0.15) is 26.7 Å². The largest absolute Gasteiger partial charge is 0.408 e. The quantitative estimate of drug-likeness (QED) is 0.600. The molecule has 0 spiro atoms. The second-order valence-corrected chi connectivity index (χ2v) is 2.78. The van der Waals surface area contributed by atoms with E-state index in [-0.39, 0.29) is 5.97 Å². The van der Waals surface area contributed by atoms with Crippen molar-refractivity contribution in [2.75, 3.05) is 13.2 Å². The summed E-state index contributed by atoms with van der Waals surface area (Å²) in [5.74, 6) is -1.41. The Kier molecular flexibility index (Phi) is 3.05. The van der Waals surface area contributed by atoms with E-state index >= 15 is 0 Å². The molecule has 0 aliphatic carbocycles. The summed E-state index contributed by atoms with van der Waals surface area (Å²) in [6.45, 7) is 4.49. The van der Waals surface area contributed by atoms with Crippen LogP contribution in [0.15, 0.2) is 0 Å². The molecule has 1 saturated heterocycles. The van der Waals surface area contributed by atoms with E-state index in [0.29, 0.717) is 19.6 Å². The molecule has 0 saturated carbocycles. The number of hydrogen-bond acceptors (Lipinski definition) is 4. The first-order valence-electron chi connectivity index (χ1n) is 4.16. The number of rotatable bonds is 3. The molecule has 0 bridgehead atoms. The van der Waals surface area contributed by atoms with Crippen molar-refractivity contribution in [1.29, 1.82) is 0 Å². The second kappa shape index (κ2) is 3.87. The van der Waals surface area contributed by atoms with Gasteiger partial charge in [0.25, 0.3) is 0 Å². The average Bonchev–Trinajstić information content (AvgIpc) is 2.36. The van der Waals surface area contributed by atoms with Gasteiger partial charge in [0.1, 0.15) is 0 Å². The van der Waals surface area contributed by atoms with Crippen LogP contribution in [0.4, 0.5) is 0 Å². The van der Waals surface area contributed by atoms with Crippen molar-refractivity contribution in [2.24, 2.45) is 0 Å². The van der Waals surface area contributed by atoms with E-state index in [9.17, 15) is 4.79 Å². The first-order chi connectivity index (χ1) is 5.66. The zero-order valence-electron chi connectivity index (χ0n) is 7.46. The summed E-state index contributed by atoms with van der Waals surface area (Å²) in [6.07, 6.45) is 1.18. The molecule has 1 rings (SSSR count). The summed E-state index contributed by atoms with van der Waals surface area (Å²) >= 11 is 0. The summed E-state index contributed by atoms with van der Waals surface area (Å²) in [6, 6.07) is 0. The van der Waals surface area contributed by atoms with Crippen LogP contribution in [-0.2, 0) is 19.0 Å². The van der Waals surface area contributed by atoms with Gasteiger partial charge in [-0.1, -0.05) is 6.92 Å². The van der Waals surface area contributed by atoms with Gasteiger partial charge in [-0.05, 0) is 6.42 Å². The molecule has 0 aromatic rings. The van der Waals surface area contributed by atoms with Gasteiger partial charge in [0.15, 0.2) is 0 Å². The van der Waals surface area contributed by atoms with E-state index in [4.69, 9.17) is 14.2 Å². The monoisotopic (exact) mass is 174 g/mol. The molecule has 0 aromatic carbocycles. The maximum atomic E-state index is 11.0. The highest BCUT2D eigenvalue weighted by Crippen LogP contribution is 2.20. The van der Waals surface area contributed by atoms with Gasteiger partial charge in [-0.15, -0.1) is 0 Å². The molecular weight excluding hydrogens is 160 g/mol. The van der Waals surface area contributed by atoms with Crippen LogP contribution < -0.4 is 0 Å². The minimum atomic E-state index is -1.13. The number of hydrogen-bond donors (Lipinski definition) is 0. The van der Waals surface area contributed by atoms with E-state index in [0.717, 1.165) is 6.42 Å². The van der Waals surface area contributed by atoms with E-state index in [1.54, 1.807) is 6.92 Å². The number of esters is 1. The highest BCUT2D eigenvalue weighted by atomic mass is 16.9. The van der Waals surface area contributed by atoms with Crippen molar-refractivity contribution >= 4 is 5.97 Å². The lowest BCUT2D eigenvalue weighted by molar-refractivity contribution is -0.301. The first kappa shape index (κ1) is 9.48.